The molecule has 2 aromatic carbocycles. The minimum Gasteiger partial charge on any atom is -0.267 e. The first kappa shape index (κ1) is 14.1. The van der Waals surface area contributed by atoms with Crippen LogP contribution in [0.5, 0.6) is 0 Å². The number of rotatable bonds is 3. The number of hydrazone groups is 1. The van der Waals surface area contributed by atoms with E-state index < -0.39 is 17.5 Å². The molecule has 0 heterocycles. The highest BCUT2D eigenvalue weighted by Gasteiger charge is 2.05. The Balaban J connectivity index is 2.04. The molecule has 3 nitrogen and oxygen atoms in total. The lowest BCUT2D eigenvalue weighted by Gasteiger charge is -2.00. The second-order valence-electron chi connectivity index (χ2n) is 3.88. The van der Waals surface area contributed by atoms with Gasteiger partial charge in [-0.3, -0.25) is 4.79 Å². The van der Waals surface area contributed by atoms with Gasteiger partial charge in [0.25, 0.3) is 5.91 Å². The Morgan fingerprint density at radius 3 is 2.70 bits per heavy atom. The van der Waals surface area contributed by atoms with E-state index in [1.54, 1.807) is 18.2 Å². The van der Waals surface area contributed by atoms with Crippen LogP contribution in [0.3, 0.4) is 0 Å². The van der Waals surface area contributed by atoms with E-state index in [4.69, 9.17) is 11.6 Å². The molecule has 0 radical (unpaired) electrons. The summed E-state index contributed by atoms with van der Waals surface area (Å²) in [5.41, 5.74) is 2.62. The monoisotopic (exact) mass is 294 g/mol. The van der Waals surface area contributed by atoms with Gasteiger partial charge < -0.3 is 0 Å². The van der Waals surface area contributed by atoms with Gasteiger partial charge in [0.1, 0.15) is 11.6 Å². The number of nitrogens with zero attached hydrogens (tertiary/aromatic N) is 1. The Bertz CT molecular complexity index is 674. The van der Waals surface area contributed by atoms with Gasteiger partial charge in [-0.25, -0.2) is 14.2 Å². The van der Waals surface area contributed by atoms with Crippen molar-refractivity contribution >= 4 is 23.7 Å². The number of carbonyl (C=O) groups is 1. The third-order valence-electron chi connectivity index (χ3n) is 2.42. The molecule has 0 aromatic heterocycles. The fraction of sp³-hybridized carbons (Fsp3) is 0. The van der Waals surface area contributed by atoms with Crippen LogP contribution in [0.15, 0.2) is 47.6 Å². The molecule has 2 aromatic rings. The highest BCUT2D eigenvalue weighted by atomic mass is 35.5. The zero-order valence-electron chi connectivity index (χ0n) is 10.1. The van der Waals surface area contributed by atoms with Crippen molar-refractivity contribution in [1.82, 2.24) is 5.43 Å². The minimum atomic E-state index is -0.759. The summed E-state index contributed by atoms with van der Waals surface area (Å²) in [5.74, 6) is -1.92. The van der Waals surface area contributed by atoms with Gasteiger partial charge in [0.2, 0.25) is 0 Å². The van der Waals surface area contributed by atoms with Crippen molar-refractivity contribution in [2.24, 2.45) is 5.10 Å². The van der Waals surface area contributed by atoms with Crippen LogP contribution in [-0.4, -0.2) is 12.1 Å². The lowest BCUT2D eigenvalue weighted by atomic mass is 10.2. The van der Waals surface area contributed by atoms with Crippen molar-refractivity contribution in [2.75, 3.05) is 0 Å². The van der Waals surface area contributed by atoms with Gasteiger partial charge in [-0.05, 0) is 30.3 Å². The van der Waals surface area contributed by atoms with Gasteiger partial charge >= 0.3 is 0 Å². The van der Waals surface area contributed by atoms with Crippen molar-refractivity contribution in [3.63, 3.8) is 0 Å². The third kappa shape index (κ3) is 3.61. The van der Waals surface area contributed by atoms with Gasteiger partial charge in [-0.15, -0.1) is 0 Å². The minimum absolute atomic E-state index is 0.0674. The quantitative estimate of drug-likeness (QED) is 0.684. The lowest BCUT2D eigenvalue weighted by Crippen LogP contribution is -2.17. The highest BCUT2D eigenvalue weighted by molar-refractivity contribution is 6.30. The SMILES string of the molecule is O=C(N/N=C\c1ccc(F)cc1F)c1cccc(Cl)c1. The van der Waals surface area contributed by atoms with Crippen molar-refractivity contribution in [3.8, 4) is 0 Å². The second kappa shape index (κ2) is 6.25. The highest BCUT2D eigenvalue weighted by Crippen LogP contribution is 2.10. The molecular formula is C14H9ClF2N2O. The summed E-state index contributed by atoms with van der Waals surface area (Å²) in [6.07, 6.45) is 1.09. The van der Waals surface area contributed by atoms with E-state index in [0.717, 1.165) is 18.3 Å². The van der Waals surface area contributed by atoms with Gasteiger partial charge in [0.15, 0.2) is 0 Å². The molecule has 1 N–H and O–H groups in total. The van der Waals surface area contributed by atoms with Crippen molar-refractivity contribution in [1.29, 1.82) is 0 Å². The Morgan fingerprint density at radius 2 is 2.00 bits per heavy atom. The number of hydrogen-bond acceptors (Lipinski definition) is 2. The van der Waals surface area contributed by atoms with Crippen LogP contribution in [0, 0.1) is 11.6 Å². The zero-order valence-corrected chi connectivity index (χ0v) is 10.9. The van der Waals surface area contributed by atoms with E-state index in [0.29, 0.717) is 10.6 Å². The predicted octanol–water partition coefficient (Wildman–Crippen LogP) is 3.38. The standard InChI is InChI=1S/C14H9ClF2N2O/c15-11-3-1-2-9(6-11)14(20)19-18-8-10-4-5-12(16)7-13(10)17/h1-8H,(H,19,20)/b18-8-. The number of nitrogens with one attached hydrogen (secondary N) is 1. The summed E-state index contributed by atoms with van der Waals surface area (Å²) in [6.45, 7) is 0. The van der Waals surface area contributed by atoms with Crippen LogP contribution < -0.4 is 5.43 Å². The fourth-order valence-corrected chi connectivity index (χ4v) is 1.65. The molecule has 1 amide bonds. The maximum Gasteiger partial charge on any atom is 0.271 e. The predicted molar refractivity (Wildman–Crippen MR) is 72.9 cm³/mol. The average Bonchev–Trinajstić information content (AvgIpc) is 2.41. The smallest absolute Gasteiger partial charge is 0.267 e. The van der Waals surface area contributed by atoms with Crippen molar-refractivity contribution in [3.05, 3.63) is 70.2 Å². The van der Waals surface area contributed by atoms with E-state index in [1.807, 2.05) is 0 Å². The first-order chi connectivity index (χ1) is 9.56. The molecule has 0 bridgehead atoms. The molecule has 0 unspecified atom stereocenters. The van der Waals surface area contributed by atoms with Gasteiger partial charge in [0.05, 0.1) is 6.21 Å². The first-order valence-corrected chi connectivity index (χ1v) is 5.98. The lowest BCUT2D eigenvalue weighted by molar-refractivity contribution is 0.0955. The van der Waals surface area contributed by atoms with Crippen LogP contribution >= 0.6 is 11.6 Å². The summed E-state index contributed by atoms with van der Waals surface area (Å²) in [4.78, 5) is 11.7. The molecule has 0 saturated heterocycles. The van der Waals surface area contributed by atoms with E-state index >= 15 is 0 Å². The van der Waals surface area contributed by atoms with E-state index in [2.05, 4.69) is 10.5 Å². The molecule has 0 spiro atoms. The van der Waals surface area contributed by atoms with Crippen LogP contribution in [0.2, 0.25) is 5.02 Å². The van der Waals surface area contributed by atoms with Gasteiger partial charge in [0, 0.05) is 22.2 Å². The molecule has 0 aliphatic carbocycles. The topological polar surface area (TPSA) is 41.5 Å². The number of hydrogen-bond donors (Lipinski definition) is 1. The number of benzene rings is 2. The molecule has 20 heavy (non-hydrogen) atoms. The summed E-state index contributed by atoms with van der Waals surface area (Å²) in [5, 5.41) is 4.03. The summed E-state index contributed by atoms with van der Waals surface area (Å²) >= 11 is 5.75. The second-order valence-corrected chi connectivity index (χ2v) is 4.31. The van der Waals surface area contributed by atoms with Crippen LogP contribution in [-0.2, 0) is 0 Å². The van der Waals surface area contributed by atoms with Gasteiger partial charge in [-0.2, -0.15) is 5.10 Å². The Hall–Kier alpha value is -2.27. The largest absolute Gasteiger partial charge is 0.271 e. The molecule has 0 aliphatic heterocycles. The number of amides is 1. The number of carbonyl (C=O) groups excluding carboxylic acids is 1. The molecule has 0 fully saturated rings. The summed E-state index contributed by atoms with van der Waals surface area (Å²) < 4.78 is 26.0. The van der Waals surface area contributed by atoms with Crippen LogP contribution in [0.4, 0.5) is 8.78 Å². The zero-order chi connectivity index (χ0) is 14.5. The Labute approximate surface area is 118 Å². The molecule has 2 rings (SSSR count). The van der Waals surface area contributed by atoms with Crippen molar-refractivity contribution in [2.45, 2.75) is 0 Å². The van der Waals surface area contributed by atoms with Gasteiger partial charge in [-0.1, -0.05) is 17.7 Å². The Morgan fingerprint density at radius 1 is 1.20 bits per heavy atom. The maximum atomic E-state index is 13.3. The Kier molecular flexibility index (Phi) is 4.42. The number of halogens is 3. The molecule has 0 atom stereocenters. The van der Waals surface area contributed by atoms with E-state index in [-0.39, 0.29) is 5.56 Å². The van der Waals surface area contributed by atoms with E-state index in [9.17, 15) is 13.6 Å². The normalized spacial score (nSPS) is 10.8. The average molecular weight is 295 g/mol. The molecule has 0 aliphatic rings. The fourth-order valence-electron chi connectivity index (χ4n) is 1.46. The third-order valence-corrected chi connectivity index (χ3v) is 2.65. The summed E-state index contributed by atoms with van der Waals surface area (Å²) in [7, 11) is 0. The van der Waals surface area contributed by atoms with Crippen molar-refractivity contribution < 1.29 is 13.6 Å². The summed E-state index contributed by atoms with van der Waals surface area (Å²) in [6, 6.07) is 9.36. The molecule has 102 valence electrons. The molecule has 6 heteroatoms. The van der Waals surface area contributed by atoms with Crippen LogP contribution in [0.1, 0.15) is 15.9 Å². The maximum absolute atomic E-state index is 13.3. The van der Waals surface area contributed by atoms with Crippen LogP contribution in [0.25, 0.3) is 0 Å². The molecular weight excluding hydrogens is 286 g/mol. The first-order valence-electron chi connectivity index (χ1n) is 5.60. The molecule has 0 saturated carbocycles. The van der Waals surface area contributed by atoms with E-state index in [1.165, 1.54) is 12.1 Å².